The number of benzene rings is 3. The normalized spacial score (nSPS) is 12.1. The molecule has 31 heavy (non-hydrogen) atoms. The number of nitrogens with one attached hydrogen (secondary N) is 1. The van der Waals surface area contributed by atoms with E-state index in [0.29, 0.717) is 13.0 Å². The molecule has 0 radical (unpaired) electrons. The van der Waals surface area contributed by atoms with Gasteiger partial charge in [-0.05, 0) is 43.0 Å². The first kappa shape index (κ1) is 20.9. The largest absolute Gasteiger partial charge is 0.356 e. The van der Waals surface area contributed by atoms with Crippen molar-refractivity contribution in [2.75, 3.05) is 6.54 Å². The first-order chi connectivity index (χ1) is 15.2. The Balaban J connectivity index is 1.59. The Kier molecular flexibility index (Phi) is 6.51. The average molecular weight is 411 g/mol. The molecule has 1 atom stereocenters. The van der Waals surface area contributed by atoms with Crippen LogP contribution in [0.25, 0.3) is 10.9 Å². The fourth-order valence-electron chi connectivity index (χ4n) is 4.36. The van der Waals surface area contributed by atoms with E-state index in [4.69, 9.17) is 0 Å². The summed E-state index contributed by atoms with van der Waals surface area (Å²) in [7, 11) is 0. The second-order valence-electron chi connectivity index (χ2n) is 8.14. The maximum absolute atomic E-state index is 13.0. The predicted molar refractivity (Wildman–Crippen MR) is 128 cm³/mol. The molecular weight excluding hydrogens is 380 g/mol. The molecule has 0 aliphatic heterocycles. The molecule has 3 nitrogen and oxygen atoms in total. The van der Waals surface area contributed by atoms with Gasteiger partial charge < -0.3 is 9.88 Å². The number of aromatic nitrogens is 1. The zero-order valence-corrected chi connectivity index (χ0v) is 18.3. The Bertz CT molecular complexity index is 1160. The molecular formula is C28H30N2O. The molecule has 1 aromatic heterocycles. The molecule has 0 aliphatic rings. The molecule has 0 bridgehead atoms. The number of fused-ring (bicyclic) bond motifs is 1. The maximum atomic E-state index is 13.0. The number of carbonyl (C=O) groups excluding carboxylic acids is 1. The van der Waals surface area contributed by atoms with E-state index in [0.717, 1.165) is 13.0 Å². The molecule has 3 heteroatoms. The van der Waals surface area contributed by atoms with Crippen LogP contribution in [0.3, 0.4) is 0 Å². The summed E-state index contributed by atoms with van der Waals surface area (Å²) >= 11 is 0. The molecule has 1 N–H and O–H groups in total. The van der Waals surface area contributed by atoms with Crippen molar-refractivity contribution < 1.29 is 4.79 Å². The highest BCUT2D eigenvalue weighted by atomic mass is 16.1. The molecule has 1 amide bonds. The highest BCUT2D eigenvalue weighted by molar-refractivity contribution is 5.86. The number of para-hydroxylation sites is 1. The first-order valence-corrected chi connectivity index (χ1v) is 11.1. The van der Waals surface area contributed by atoms with Crippen LogP contribution in [-0.4, -0.2) is 17.0 Å². The third-order valence-corrected chi connectivity index (χ3v) is 5.95. The Labute approximate surface area is 184 Å². The van der Waals surface area contributed by atoms with E-state index in [9.17, 15) is 4.79 Å². The molecule has 0 aliphatic carbocycles. The number of nitrogens with zero attached hydrogens (tertiary/aromatic N) is 1. The number of rotatable bonds is 8. The minimum Gasteiger partial charge on any atom is -0.356 e. The molecule has 4 aromatic rings. The van der Waals surface area contributed by atoms with Gasteiger partial charge in [-0.3, -0.25) is 4.79 Å². The zero-order chi connectivity index (χ0) is 21.6. The van der Waals surface area contributed by atoms with Crippen molar-refractivity contribution >= 4 is 16.8 Å². The first-order valence-electron chi connectivity index (χ1n) is 11.1. The van der Waals surface area contributed by atoms with Gasteiger partial charge in [0.1, 0.15) is 0 Å². The van der Waals surface area contributed by atoms with Gasteiger partial charge in [0.15, 0.2) is 0 Å². The Morgan fingerprint density at radius 1 is 0.968 bits per heavy atom. The van der Waals surface area contributed by atoms with Crippen LogP contribution in [0.5, 0.6) is 0 Å². The standard InChI is InChI=1S/C28H30N2O/c1-3-30-20-26(24-14-7-8-15-27(24)30)25(23-13-9-10-21(2)18-23)19-28(31)29-17-16-22-11-5-4-6-12-22/h4-15,18,20,25H,3,16-17,19H2,1-2H3,(H,29,31). The van der Waals surface area contributed by atoms with Gasteiger partial charge in [0, 0.05) is 42.5 Å². The minimum atomic E-state index is 0.0225. The van der Waals surface area contributed by atoms with E-state index in [-0.39, 0.29) is 11.8 Å². The smallest absolute Gasteiger partial charge is 0.220 e. The van der Waals surface area contributed by atoms with Crippen molar-refractivity contribution in [3.63, 3.8) is 0 Å². The number of aryl methyl sites for hydroxylation is 2. The highest BCUT2D eigenvalue weighted by Crippen LogP contribution is 2.35. The van der Waals surface area contributed by atoms with E-state index in [2.05, 4.69) is 90.6 Å². The molecule has 0 spiro atoms. The third-order valence-electron chi connectivity index (χ3n) is 5.95. The van der Waals surface area contributed by atoms with Crippen molar-refractivity contribution in [1.29, 1.82) is 0 Å². The van der Waals surface area contributed by atoms with Crippen molar-refractivity contribution in [2.45, 2.75) is 39.2 Å². The van der Waals surface area contributed by atoms with Gasteiger partial charge >= 0.3 is 0 Å². The Morgan fingerprint density at radius 3 is 2.52 bits per heavy atom. The van der Waals surface area contributed by atoms with Crippen LogP contribution >= 0.6 is 0 Å². The van der Waals surface area contributed by atoms with E-state index in [1.807, 2.05) is 18.2 Å². The SMILES string of the molecule is CCn1cc(C(CC(=O)NCCc2ccccc2)c2cccc(C)c2)c2ccccc21. The quantitative estimate of drug-likeness (QED) is 0.388. The van der Waals surface area contributed by atoms with Crippen LogP contribution in [0.2, 0.25) is 0 Å². The van der Waals surface area contributed by atoms with Crippen LogP contribution in [0.4, 0.5) is 0 Å². The number of hydrogen-bond donors (Lipinski definition) is 1. The lowest BCUT2D eigenvalue weighted by molar-refractivity contribution is -0.121. The van der Waals surface area contributed by atoms with Gasteiger partial charge in [0.05, 0.1) is 0 Å². The van der Waals surface area contributed by atoms with Crippen LogP contribution in [0.15, 0.2) is 85.1 Å². The van der Waals surface area contributed by atoms with Gasteiger partial charge in [0.2, 0.25) is 5.91 Å². The van der Waals surface area contributed by atoms with E-state index < -0.39 is 0 Å². The number of amides is 1. The van der Waals surface area contributed by atoms with E-state index in [1.165, 1.54) is 33.2 Å². The van der Waals surface area contributed by atoms with Gasteiger partial charge in [0.25, 0.3) is 0 Å². The summed E-state index contributed by atoms with van der Waals surface area (Å²) in [5, 5.41) is 4.37. The molecule has 1 heterocycles. The zero-order valence-electron chi connectivity index (χ0n) is 18.3. The number of hydrogen-bond acceptors (Lipinski definition) is 1. The molecule has 0 saturated heterocycles. The lowest BCUT2D eigenvalue weighted by atomic mass is 9.87. The lowest BCUT2D eigenvalue weighted by Crippen LogP contribution is -2.27. The van der Waals surface area contributed by atoms with Gasteiger partial charge in [-0.2, -0.15) is 0 Å². The topological polar surface area (TPSA) is 34.0 Å². The maximum Gasteiger partial charge on any atom is 0.220 e. The molecule has 0 fully saturated rings. The van der Waals surface area contributed by atoms with E-state index >= 15 is 0 Å². The summed E-state index contributed by atoms with van der Waals surface area (Å²) < 4.78 is 2.28. The average Bonchev–Trinajstić information content (AvgIpc) is 3.17. The molecule has 4 rings (SSSR count). The third kappa shape index (κ3) is 4.88. The van der Waals surface area contributed by atoms with Crippen LogP contribution in [0, 0.1) is 6.92 Å². The monoisotopic (exact) mass is 410 g/mol. The van der Waals surface area contributed by atoms with Crippen LogP contribution < -0.4 is 5.32 Å². The van der Waals surface area contributed by atoms with Gasteiger partial charge in [-0.25, -0.2) is 0 Å². The van der Waals surface area contributed by atoms with Gasteiger partial charge in [-0.1, -0.05) is 78.4 Å². The van der Waals surface area contributed by atoms with E-state index in [1.54, 1.807) is 0 Å². The van der Waals surface area contributed by atoms with Crippen molar-refractivity contribution in [3.05, 3.63) is 107 Å². The molecule has 1 unspecified atom stereocenters. The fraction of sp³-hybridized carbons (Fsp3) is 0.250. The second-order valence-corrected chi connectivity index (χ2v) is 8.14. The molecule has 3 aromatic carbocycles. The van der Waals surface area contributed by atoms with Crippen molar-refractivity contribution in [2.24, 2.45) is 0 Å². The van der Waals surface area contributed by atoms with Gasteiger partial charge in [-0.15, -0.1) is 0 Å². The second kappa shape index (κ2) is 9.65. The summed E-state index contributed by atoms with van der Waals surface area (Å²) in [6.07, 6.45) is 3.52. The molecule has 158 valence electrons. The van der Waals surface area contributed by atoms with Crippen LogP contribution in [0.1, 0.15) is 41.5 Å². The van der Waals surface area contributed by atoms with Crippen LogP contribution in [-0.2, 0) is 17.8 Å². The van der Waals surface area contributed by atoms with Crippen molar-refractivity contribution in [3.8, 4) is 0 Å². The number of carbonyl (C=O) groups is 1. The van der Waals surface area contributed by atoms with Crippen molar-refractivity contribution in [1.82, 2.24) is 9.88 Å². The summed E-state index contributed by atoms with van der Waals surface area (Å²) in [5.41, 5.74) is 6.09. The Morgan fingerprint density at radius 2 is 1.74 bits per heavy atom. The highest BCUT2D eigenvalue weighted by Gasteiger charge is 2.22. The Hall–Kier alpha value is -3.33. The summed E-state index contributed by atoms with van der Waals surface area (Å²) in [4.78, 5) is 13.0. The fourth-order valence-corrected chi connectivity index (χ4v) is 4.36. The lowest BCUT2D eigenvalue weighted by Gasteiger charge is -2.18. The minimum absolute atomic E-state index is 0.0225. The summed E-state index contributed by atoms with van der Waals surface area (Å²) in [5.74, 6) is 0.116. The molecule has 0 saturated carbocycles. The summed E-state index contributed by atoms with van der Waals surface area (Å²) in [6.45, 7) is 5.83. The summed E-state index contributed by atoms with van der Waals surface area (Å²) in [6, 6.07) is 27.3. The predicted octanol–water partition coefficient (Wildman–Crippen LogP) is 5.85.